The molecule has 4 rings (SSSR count). The highest BCUT2D eigenvalue weighted by atomic mass is 35.5. The highest BCUT2D eigenvalue weighted by Gasteiger charge is 2.33. The van der Waals surface area contributed by atoms with Crippen LogP contribution in [-0.2, 0) is 17.0 Å². The van der Waals surface area contributed by atoms with Crippen molar-refractivity contribution in [2.45, 2.75) is 24.2 Å². The van der Waals surface area contributed by atoms with Crippen LogP contribution in [0.25, 0.3) is 6.08 Å². The van der Waals surface area contributed by atoms with E-state index in [2.05, 4.69) is 6.92 Å². The number of hydrogen-bond donors (Lipinski definition) is 0. The molecule has 0 atom stereocenters. The first-order chi connectivity index (χ1) is 14.5. The van der Waals surface area contributed by atoms with Crippen molar-refractivity contribution in [1.29, 1.82) is 0 Å². The van der Waals surface area contributed by atoms with Crippen LogP contribution >= 0.6 is 47.3 Å². The van der Waals surface area contributed by atoms with E-state index in [0.717, 1.165) is 33.5 Å². The molecule has 1 aliphatic heterocycles. The molecule has 0 N–H and O–H groups in total. The topological polar surface area (TPSA) is 33.5 Å². The number of carbonyl (C=O) groups excluding carboxylic acids is 1. The van der Waals surface area contributed by atoms with Gasteiger partial charge in [-0.2, -0.15) is 0 Å². The monoisotopic (exact) mass is 471 g/mol. The Morgan fingerprint density at radius 3 is 2.47 bits per heavy atom. The van der Waals surface area contributed by atoms with Crippen molar-refractivity contribution in [2.24, 2.45) is 0 Å². The standard InChI is InChI=1S/C23H18ClNO2S3/c1-2-15-5-9-18(10-6-15)25-22(26)20(30-23(25)28)13-19-11-12-21(27-19)29-14-16-3-7-17(24)8-4-16/h3-13H,2,14H2,1H3/b20-13-. The van der Waals surface area contributed by atoms with Crippen LogP contribution in [0, 0.1) is 0 Å². The van der Waals surface area contributed by atoms with Gasteiger partial charge < -0.3 is 4.42 Å². The molecule has 0 aliphatic carbocycles. The number of nitrogens with zero attached hydrogens (tertiary/aromatic N) is 1. The number of halogens is 1. The first-order valence-electron chi connectivity index (χ1n) is 9.37. The summed E-state index contributed by atoms with van der Waals surface area (Å²) in [5.41, 5.74) is 3.17. The molecule has 1 aromatic heterocycles. The molecule has 0 radical (unpaired) electrons. The van der Waals surface area contributed by atoms with E-state index in [1.165, 1.54) is 17.3 Å². The lowest BCUT2D eigenvalue weighted by Crippen LogP contribution is -2.27. The first-order valence-corrected chi connectivity index (χ1v) is 12.0. The highest BCUT2D eigenvalue weighted by Crippen LogP contribution is 2.37. The van der Waals surface area contributed by atoms with Crippen LogP contribution in [0.3, 0.4) is 0 Å². The summed E-state index contributed by atoms with van der Waals surface area (Å²) >= 11 is 14.3. The van der Waals surface area contributed by atoms with Gasteiger partial charge >= 0.3 is 0 Å². The minimum atomic E-state index is -0.124. The van der Waals surface area contributed by atoms with E-state index in [9.17, 15) is 4.79 Å². The molecular weight excluding hydrogens is 454 g/mol. The Hall–Kier alpha value is -1.99. The number of aryl methyl sites for hydroxylation is 1. The van der Waals surface area contributed by atoms with Gasteiger partial charge in [-0.25, -0.2) is 0 Å². The van der Waals surface area contributed by atoms with Crippen LogP contribution in [0.4, 0.5) is 5.69 Å². The van der Waals surface area contributed by atoms with Crippen LogP contribution in [-0.4, -0.2) is 10.2 Å². The summed E-state index contributed by atoms with van der Waals surface area (Å²) in [6, 6.07) is 19.4. The highest BCUT2D eigenvalue weighted by molar-refractivity contribution is 8.27. The van der Waals surface area contributed by atoms with E-state index in [1.807, 2.05) is 60.7 Å². The largest absolute Gasteiger partial charge is 0.450 e. The van der Waals surface area contributed by atoms with Gasteiger partial charge in [-0.05, 0) is 53.9 Å². The molecule has 1 fully saturated rings. The molecule has 3 nitrogen and oxygen atoms in total. The molecule has 152 valence electrons. The lowest BCUT2D eigenvalue weighted by Gasteiger charge is -2.14. The number of rotatable bonds is 6. The molecule has 0 unspecified atom stereocenters. The summed E-state index contributed by atoms with van der Waals surface area (Å²) in [5.74, 6) is 1.29. The van der Waals surface area contributed by atoms with Crippen LogP contribution in [0.2, 0.25) is 5.02 Å². The van der Waals surface area contributed by atoms with Crippen molar-refractivity contribution in [1.82, 2.24) is 0 Å². The maximum absolute atomic E-state index is 12.9. The fourth-order valence-corrected chi connectivity index (χ4v) is 5.15. The van der Waals surface area contributed by atoms with Gasteiger partial charge in [-0.3, -0.25) is 9.69 Å². The van der Waals surface area contributed by atoms with Gasteiger partial charge in [-0.1, -0.05) is 78.5 Å². The Morgan fingerprint density at radius 1 is 1.07 bits per heavy atom. The summed E-state index contributed by atoms with van der Waals surface area (Å²) in [6.45, 7) is 2.10. The number of carbonyl (C=O) groups is 1. The Balaban J connectivity index is 1.45. The third kappa shape index (κ3) is 4.83. The van der Waals surface area contributed by atoms with Crippen molar-refractivity contribution in [3.8, 4) is 0 Å². The van der Waals surface area contributed by atoms with Crippen molar-refractivity contribution < 1.29 is 9.21 Å². The van der Waals surface area contributed by atoms with E-state index < -0.39 is 0 Å². The second kappa shape index (κ2) is 9.43. The van der Waals surface area contributed by atoms with Gasteiger partial charge in [0.2, 0.25) is 0 Å². The number of anilines is 1. The number of amides is 1. The summed E-state index contributed by atoms with van der Waals surface area (Å²) in [7, 11) is 0. The van der Waals surface area contributed by atoms with Crippen molar-refractivity contribution in [3.05, 3.63) is 87.5 Å². The molecular formula is C23H18ClNO2S3. The summed E-state index contributed by atoms with van der Waals surface area (Å²) in [4.78, 5) is 15.0. The van der Waals surface area contributed by atoms with E-state index in [-0.39, 0.29) is 5.91 Å². The van der Waals surface area contributed by atoms with Crippen LogP contribution in [0.15, 0.2) is 75.1 Å². The Morgan fingerprint density at radius 2 is 1.77 bits per heavy atom. The molecule has 0 saturated carbocycles. The zero-order valence-corrected chi connectivity index (χ0v) is 19.3. The normalized spacial score (nSPS) is 15.4. The summed E-state index contributed by atoms with van der Waals surface area (Å²) < 4.78 is 6.41. The van der Waals surface area contributed by atoms with E-state index in [1.54, 1.807) is 22.7 Å². The molecule has 0 spiro atoms. The van der Waals surface area contributed by atoms with Gasteiger partial charge in [0.25, 0.3) is 5.91 Å². The van der Waals surface area contributed by atoms with Gasteiger partial charge in [0, 0.05) is 16.9 Å². The number of hydrogen-bond acceptors (Lipinski definition) is 5. The fourth-order valence-electron chi connectivity index (χ4n) is 2.92. The molecule has 1 saturated heterocycles. The molecule has 1 aliphatic rings. The molecule has 7 heteroatoms. The fraction of sp³-hybridized carbons (Fsp3) is 0.130. The second-order valence-electron chi connectivity index (χ2n) is 6.61. The van der Waals surface area contributed by atoms with Crippen molar-refractivity contribution >= 4 is 69.3 Å². The van der Waals surface area contributed by atoms with Gasteiger partial charge in [0.05, 0.1) is 10.6 Å². The van der Waals surface area contributed by atoms with Crippen molar-refractivity contribution in [2.75, 3.05) is 4.90 Å². The molecule has 2 heterocycles. The number of thioether (sulfide) groups is 2. The average molecular weight is 472 g/mol. The lowest BCUT2D eigenvalue weighted by molar-refractivity contribution is -0.113. The number of thiocarbonyl (C=S) groups is 1. The first kappa shape index (κ1) is 21.2. The SMILES string of the molecule is CCc1ccc(N2C(=O)/C(=C/c3ccc(SCc4ccc(Cl)cc4)o3)SC2=S)cc1. The predicted octanol–water partition coefficient (Wildman–Crippen LogP) is 7.19. The predicted molar refractivity (Wildman–Crippen MR) is 131 cm³/mol. The smallest absolute Gasteiger partial charge is 0.270 e. The van der Waals surface area contributed by atoms with Gasteiger partial charge in [0.1, 0.15) is 5.76 Å². The van der Waals surface area contributed by atoms with E-state index in [0.29, 0.717) is 15.0 Å². The molecule has 3 aromatic rings. The third-order valence-electron chi connectivity index (χ3n) is 4.57. The van der Waals surface area contributed by atoms with Crippen molar-refractivity contribution in [3.63, 3.8) is 0 Å². The zero-order chi connectivity index (χ0) is 21.1. The minimum absolute atomic E-state index is 0.124. The Kier molecular flexibility index (Phi) is 6.68. The van der Waals surface area contributed by atoms with Gasteiger partial charge in [-0.15, -0.1) is 0 Å². The Labute approximate surface area is 194 Å². The quantitative estimate of drug-likeness (QED) is 0.216. The maximum Gasteiger partial charge on any atom is 0.270 e. The van der Waals surface area contributed by atoms with Gasteiger partial charge in [0.15, 0.2) is 9.41 Å². The van der Waals surface area contributed by atoms with Crippen LogP contribution in [0.5, 0.6) is 0 Å². The Bertz CT molecular complexity index is 1100. The average Bonchev–Trinajstić information content (AvgIpc) is 3.31. The zero-order valence-electron chi connectivity index (χ0n) is 16.1. The lowest BCUT2D eigenvalue weighted by atomic mass is 10.1. The van der Waals surface area contributed by atoms with E-state index >= 15 is 0 Å². The molecule has 2 aromatic carbocycles. The number of furan rings is 1. The maximum atomic E-state index is 12.9. The molecule has 1 amide bonds. The number of benzene rings is 2. The molecule has 0 bridgehead atoms. The minimum Gasteiger partial charge on any atom is -0.450 e. The third-order valence-corrected chi connectivity index (χ3v) is 7.10. The summed E-state index contributed by atoms with van der Waals surface area (Å²) in [5, 5.41) is 1.52. The summed E-state index contributed by atoms with van der Waals surface area (Å²) in [6.07, 6.45) is 2.71. The second-order valence-corrected chi connectivity index (χ2v) is 9.70. The van der Waals surface area contributed by atoms with E-state index in [4.69, 9.17) is 28.2 Å². The van der Waals surface area contributed by atoms with Crippen LogP contribution < -0.4 is 4.90 Å². The van der Waals surface area contributed by atoms with Crippen LogP contribution in [0.1, 0.15) is 23.8 Å². The molecule has 30 heavy (non-hydrogen) atoms.